The second kappa shape index (κ2) is 4.09. The van der Waals surface area contributed by atoms with E-state index in [0.717, 1.165) is 0 Å². The van der Waals surface area contributed by atoms with Crippen molar-refractivity contribution in [3.63, 3.8) is 0 Å². The van der Waals surface area contributed by atoms with Crippen molar-refractivity contribution in [1.82, 2.24) is 5.32 Å². The number of imide groups is 1. The van der Waals surface area contributed by atoms with Crippen LogP contribution in [0.1, 0.15) is 6.42 Å². The highest BCUT2D eigenvalue weighted by Gasteiger charge is 2.30. The van der Waals surface area contributed by atoms with E-state index < -0.39 is 17.8 Å². The summed E-state index contributed by atoms with van der Waals surface area (Å²) in [6.07, 6.45) is 0.0586. The molecule has 1 saturated heterocycles. The molecule has 1 aromatic rings. The van der Waals surface area contributed by atoms with Gasteiger partial charge in [0.25, 0.3) is 0 Å². The standard InChI is InChI=1S/C10H8ClFN2O2/c11-6-2-1-5(3-7(6)12)13-8-4-9(15)14-10(8)16/h1-3,8,13H,4H2,(H,14,15,16). The second-order valence-electron chi connectivity index (χ2n) is 3.44. The molecule has 0 aromatic heterocycles. The largest absolute Gasteiger partial charge is 0.373 e. The lowest BCUT2D eigenvalue weighted by atomic mass is 10.2. The van der Waals surface area contributed by atoms with Gasteiger partial charge in [-0.3, -0.25) is 14.9 Å². The van der Waals surface area contributed by atoms with Crippen molar-refractivity contribution in [1.29, 1.82) is 0 Å². The molecule has 1 heterocycles. The van der Waals surface area contributed by atoms with Crippen LogP contribution in [0, 0.1) is 5.82 Å². The number of carbonyl (C=O) groups excluding carboxylic acids is 2. The number of rotatable bonds is 2. The molecule has 1 aliphatic heterocycles. The van der Waals surface area contributed by atoms with Gasteiger partial charge in [0.15, 0.2) is 0 Å². The zero-order chi connectivity index (χ0) is 11.7. The molecule has 1 unspecified atom stereocenters. The minimum atomic E-state index is -0.645. The second-order valence-corrected chi connectivity index (χ2v) is 3.85. The maximum absolute atomic E-state index is 13.1. The van der Waals surface area contributed by atoms with Crippen LogP contribution in [0.3, 0.4) is 0 Å². The van der Waals surface area contributed by atoms with Crippen molar-refractivity contribution in [2.75, 3.05) is 5.32 Å². The summed E-state index contributed by atoms with van der Waals surface area (Å²) in [4.78, 5) is 22.1. The Labute approximate surface area is 95.8 Å². The van der Waals surface area contributed by atoms with Gasteiger partial charge >= 0.3 is 0 Å². The Morgan fingerprint density at radius 3 is 2.75 bits per heavy atom. The van der Waals surface area contributed by atoms with Gasteiger partial charge in [-0.05, 0) is 18.2 Å². The number of hydrogen-bond donors (Lipinski definition) is 2. The molecule has 6 heteroatoms. The summed E-state index contributed by atoms with van der Waals surface area (Å²) in [5, 5.41) is 4.92. The normalized spacial score (nSPS) is 19.8. The van der Waals surface area contributed by atoms with Crippen LogP contribution < -0.4 is 10.6 Å². The van der Waals surface area contributed by atoms with Crippen LogP contribution in [0.15, 0.2) is 18.2 Å². The quantitative estimate of drug-likeness (QED) is 0.769. The Bertz CT molecular complexity index is 464. The molecule has 84 valence electrons. The van der Waals surface area contributed by atoms with E-state index in [1.807, 2.05) is 0 Å². The molecule has 0 spiro atoms. The third-order valence-corrected chi connectivity index (χ3v) is 2.54. The fourth-order valence-corrected chi connectivity index (χ4v) is 1.57. The fourth-order valence-electron chi connectivity index (χ4n) is 1.46. The molecule has 2 amide bonds. The molecule has 0 saturated carbocycles. The number of benzene rings is 1. The van der Waals surface area contributed by atoms with Gasteiger partial charge in [0.2, 0.25) is 11.8 Å². The summed E-state index contributed by atoms with van der Waals surface area (Å²) in [5.41, 5.74) is 0.414. The molecule has 4 nitrogen and oxygen atoms in total. The Balaban J connectivity index is 2.12. The highest BCUT2D eigenvalue weighted by molar-refractivity contribution is 6.30. The molecule has 1 fully saturated rings. The van der Waals surface area contributed by atoms with E-state index in [-0.39, 0.29) is 17.4 Å². The Morgan fingerprint density at radius 2 is 2.19 bits per heavy atom. The molecule has 2 rings (SSSR count). The lowest BCUT2D eigenvalue weighted by Gasteiger charge is -2.10. The molecule has 16 heavy (non-hydrogen) atoms. The number of amides is 2. The molecular formula is C10H8ClFN2O2. The van der Waals surface area contributed by atoms with Crippen LogP contribution in [-0.4, -0.2) is 17.9 Å². The van der Waals surface area contributed by atoms with Crippen molar-refractivity contribution < 1.29 is 14.0 Å². The Morgan fingerprint density at radius 1 is 1.44 bits per heavy atom. The lowest BCUT2D eigenvalue weighted by Crippen LogP contribution is -2.30. The van der Waals surface area contributed by atoms with Gasteiger partial charge in [-0.15, -0.1) is 0 Å². The first kappa shape index (κ1) is 10.9. The zero-order valence-corrected chi connectivity index (χ0v) is 8.84. The van der Waals surface area contributed by atoms with Crippen molar-refractivity contribution in [2.24, 2.45) is 0 Å². The molecule has 2 N–H and O–H groups in total. The summed E-state index contributed by atoms with van der Waals surface area (Å²) in [7, 11) is 0. The van der Waals surface area contributed by atoms with Gasteiger partial charge in [0.05, 0.1) is 11.4 Å². The molecule has 1 aromatic carbocycles. The predicted molar refractivity (Wildman–Crippen MR) is 56.6 cm³/mol. The highest BCUT2D eigenvalue weighted by Crippen LogP contribution is 2.20. The van der Waals surface area contributed by atoms with Crippen LogP contribution in [0.5, 0.6) is 0 Å². The summed E-state index contributed by atoms with van der Waals surface area (Å²) in [6, 6.07) is 3.46. The van der Waals surface area contributed by atoms with Crippen molar-refractivity contribution in [3.8, 4) is 0 Å². The van der Waals surface area contributed by atoms with Crippen LogP contribution >= 0.6 is 11.6 Å². The molecule has 0 aliphatic carbocycles. The highest BCUT2D eigenvalue weighted by atomic mass is 35.5. The summed E-state index contributed by atoms with van der Waals surface area (Å²) in [6.45, 7) is 0. The first-order valence-electron chi connectivity index (χ1n) is 4.61. The number of anilines is 1. The molecule has 0 radical (unpaired) electrons. The minimum absolute atomic E-state index is 0.0116. The third-order valence-electron chi connectivity index (χ3n) is 2.23. The Kier molecular flexibility index (Phi) is 2.78. The van der Waals surface area contributed by atoms with Crippen molar-refractivity contribution in [2.45, 2.75) is 12.5 Å². The third kappa shape index (κ3) is 2.14. The van der Waals surface area contributed by atoms with Gasteiger partial charge < -0.3 is 5.32 Å². The molecule has 0 bridgehead atoms. The number of hydrogen-bond acceptors (Lipinski definition) is 3. The SMILES string of the molecule is O=C1CC(Nc2ccc(Cl)c(F)c2)C(=O)N1. The van der Waals surface area contributed by atoms with E-state index in [9.17, 15) is 14.0 Å². The van der Waals surface area contributed by atoms with E-state index in [0.29, 0.717) is 5.69 Å². The first-order chi connectivity index (χ1) is 7.56. The molecular weight excluding hydrogens is 235 g/mol. The van der Waals surface area contributed by atoms with Crippen LogP contribution in [0.25, 0.3) is 0 Å². The first-order valence-corrected chi connectivity index (χ1v) is 4.99. The van der Waals surface area contributed by atoms with Crippen LogP contribution in [-0.2, 0) is 9.59 Å². The predicted octanol–water partition coefficient (Wildman–Crippen LogP) is 1.31. The summed E-state index contributed by atoms with van der Waals surface area (Å²) in [5.74, 6) is -1.31. The maximum atomic E-state index is 13.1. The van der Waals surface area contributed by atoms with Crippen molar-refractivity contribution in [3.05, 3.63) is 29.0 Å². The van der Waals surface area contributed by atoms with E-state index in [1.165, 1.54) is 12.1 Å². The van der Waals surface area contributed by atoms with E-state index >= 15 is 0 Å². The number of halogens is 2. The average molecular weight is 243 g/mol. The van der Waals surface area contributed by atoms with Gasteiger partial charge in [-0.25, -0.2) is 4.39 Å². The smallest absolute Gasteiger partial charge is 0.249 e. The monoisotopic (exact) mass is 242 g/mol. The van der Waals surface area contributed by atoms with Gasteiger partial charge in [0, 0.05) is 5.69 Å². The Hall–Kier alpha value is -1.62. The number of carbonyl (C=O) groups is 2. The fraction of sp³-hybridized carbons (Fsp3) is 0.200. The minimum Gasteiger partial charge on any atom is -0.373 e. The van der Waals surface area contributed by atoms with E-state index in [1.54, 1.807) is 6.07 Å². The van der Waals surface area contributed by atoms with Crippen LogP contribution in [0.4, 0.5) is 10.1 Å². The van der Waals surface area contributed by atoms with Gasteiger partial charge in [0.1, 0.15) is 11.9 Å². The molecule has 1 aliphatic rings. The average Bonchev–Trinajstić information content (AvgIpc) is 2.51. The van der Waals surface area contributed by atoms with Crippen molar-refractivity contribution >= 4 is 29.1 Å². The maximum Gasteiger partial charge on any atom is 0.249 e. The topological polar surface area (TPSA) is 58.2 Å². The lowest BCUT2D eigenvalue weighted by molar-refractivity contribution is -0.124. The van der Waals surface area contributed by atoms with Gasteiger partial charge in [-0.2, -0.15) is 0 Å². The van der Waals surface area contributed by atoms with E-state index in [2.05, 4.69) is 10.6 Å². The summed E-state index contributed by atoms with van der Waals surface area (Å²) < 4.78 is 13.1. The number of nitrogens with one attached hydrogen (secondary N) is 2. The zero-order valence-electron chi connectivity index (χ0n) is 8.09. The molecule has 1 atom stereocenters. The summed E-state index contributed by atoms with van der Waals surface area (Å²) >= 11 is 5.51. The van der Waals surface area contributed by atoms with E-state index in [4.69, 9.17) is 11.6 Å². The van der Waals surface area contributed by atoms with Gasteiger partial charge in [-0.1, -0.05) is 11.6 Å². The van der Waals surface area contributed by atoms with Crippen LogP contribution in [0.2, 0.25) is 5.02 Å².